The fourth-order valence-electron chi connectivity index (χ4n) is 1.15. The van der Waals surface area contributed by atoms with Gasteiger partial charge < -0.3 is 0 Å². The van der Waals surface area contributed by atoms with Gasteiger partial charge in [0, 0.05) is 11.9 Å². The predicted molar refractivity (Wildman–Crippen MR) is 59.8 cm³/mol. The van der Waals surface area contributed by atoms with E-state index in [1.165, 1.54) is 0 Å². The van der Waals surface area contributed by atoms with Gasteiger partial charge in [0.1, 0.15) is 0 Å². The molecule has 0 radical (unpaired) electrons. The second kappa shape index (κ2) is 7.79. The quantitative estimate of drug-likeness (QED) is 0.541. The van der Waals surface area contributed by atoms with Crippen molar-refractivity contribution in [2.24, 2.45) is 11.8 Å². The number of nitrogens with zero attached hydrogens (tertiary/aromatic N) is 3. The van der Waals surface area contributed by atoms with Gasteiger partial charge in [0.15, 0.2) is 0 Å². The molecule has 0 saturated heterocycles. The third-order valence-corrected chi connectivity index (χ3v) is 3.05. The van der Waals surface area contributed by atoms with Crippen LogP contribution in [0, 0.1) is 34.5 Å². The van der Waals surface area contributed by atoms with Gasteiger partial charge in [-0.15, -0.1) is 0 Å². The first-order valence-electron chi connectivity index (χ1n) is 4.67. The third-order valence-electron chi connectivity index (χ3n) is 2.22. The fourth-order valence-corrected chi connectivity index (χ4v) is 2.11. The summed E-state index contributed by atoms with van der Waals surface area (Å²) in [6.07, 6.45) is 0. The van der Waals surface area contributed by atoms with Crippen LogP contribution in [0.2, 0.25) is 0 Å². The van der Waals surface area contributed by atoms with E-state index in [-0.39, 0.29) is 0 Å². The van der Waals surface area contributed by atoms with Crippen molar-refractivity contribution in [3.63, 3.8) is 0 Å². The van der Waals surface area contributed by atoms with Gasteiger partial charge in [-0.3, -0.25) is 4.90 Å². The van der Waals surface area contributed by atoms with Crippen LogP contribution in [0.4, 0.5) is 0 Å². The molecule has 0 bridgehead atoms. The molecule has 0 aromatic carbocycles. The Kier molecular flexibility index (Phi) is 7.47. The summed E-state index contributed by atoms with van der Waals surface area (Å²) >= 11 is 3.45. The first-order valence-corrected chi connectivity index (χ1v) is 5.80. The van der Waals surface area contributed by atoms with Crippen LogP contribution in [-0.2, 0) is 0 Å². The zero-order valence-corrected chi connectivity index (χ0v) is 10.3. The molecule has 0 aromatic heterocycles. The number of hydrogen-bond acceptors (Lipinski definition) is 3. The van der Waals surface area contributed by atoms with Crippen LogP contribution in [-0.4, -0.2) is 29.9 Å². The SMILES string of the molecule is CC(C)C(CBr)CN(CC#N)CC#N. The molecule has 0 aromatic rings. The highest BCUT2D eigenvalue weighted by molar-refractivity contribution is 9.09. The van der Waals surface area contributed by atoms with E-state index in [1.807, 2.05) is 4.90 Å². The summed E-state index contributed by atoms with van der Waals surface area (Å²) in [5, 5.41) is 18.1. The zero-order valence-electron chi connectivity index (χ0n) is 8.70. The van der Waals surface area contributed by atoms with E-state index in [9.17, 15) is 0 Å². The molecule has 0 rings (SSSR count). The van der Waals surface area contributed by atoms with E-state index in [1.54, 1.807) is 0 Å². The Morgan fingerprint density at radius 3 is 2.00 bits per heavy atom. The van der Waals surface area contributed by atoms with Gasteiger partial charge in [-0.1, -0.05) is 29.8 Å². The zero-order chi connectivity index (χ0) is 11.0. The number of nitriles is 2. The standard InChI is InChI=1S/C10H16BrN3/c1-9(2)10(7-11)8-14(5-3-12)6-4-13/h9-10H,5-8H2,1-2H3. The first kappa shape index (κ1) is 13.4. The topological polar surface area (TPSA) is 50.8 Å². The van der Waals surface area contributed by atoms with Crippen molar-refractivity contribution in [2.45, 2.75) is 13.8 Å². The normalized spacial score (nSPS) is 12.5. The largest absolute Gasteiger partial charge is 0.277 e. The van der Waals surface area contributed by atoms with E-state index >= 15 is 0 Å². The van der Waals surface area contributed by atoms with Crippen molar-refractivity contribution in [2.75, 3.05) is 25.0 Å². The third kappa shape index (κ3) is 5.21. The molecule has 0 saturated carbocycles. The van der Waals surface area contributed by atoms with Crippen molar-refractivity contribution in [1.82, 2.24) is 4.90 Å². The summed E-state index contributed by atoms with van der Waals surface area (Å²) < 4.78 is 0. The molecular weight excluding hydrogens is 242 g/mol. The van der Waals surface area contributed by atoms with Crippen LogP contribution in [0.1, 0.15) is 13.8 Å². The Labute approximate surface area is 94.4 Å². The van der Waals surface area contributed by atoms with Gasteiger partial charge in [0.25, 0.3) is 0 Å². The number of rotatable bonds is 6. The average molecular weight is 258 g/mol. The molecule has 14 heavy (non-hydrogen) atoms. The van der Waals surface area contributed by atoms with Gasteiger partial charge in [-0.25, -0.2) is 0 Å². The van der Waals surface area contributed by atoms with Crippen LogP contribution >= 0.6 is 15.9 Å². The lowest BCUT2D eigenvalue weighted by Crippen LogP contribution is -2.33. The maximum Gasteiger partial charge on any atom is 0.0874 e. The number of halogens is 1. The van der Waals surface area contributed by atoms with Gasteiger partial charge in [0.05, 0.1) is 25.2 Å². The Hall–Kier alpha value is -0.580. The van der Waals surface area contributed by atoms with Crippen molar-refractivity contribution < 1.29 is 0 Å². The van der Waals surface area contributed by atoms with Gasteiger partial charge >= 0.3 is 0 Å². The van der Waals surface area contributed by atoms with E-state index in [4.69, 9.17) is 10.5 Å². The van der Waals surface area contributed by atoms with Crippen molar-refractivity contribution >= 4 is 15.9 Å². The van der Waals surface area contributed by atoms with Crippen molar-refractivity contribution in [3.05, 3.63) is 0 Å². The summed E-state index contributed by atoms with van der Waals surface area (Å²) in [7, 11) is 0. The van der Waals surface area contributed by atoms with Gasteiger partial charge in [-0.05, 0) is 11.8 Å². The highest BCUT2D eigenvalue weighted by atomic mass is 79.9. The minimum absolute atomic E-state index is 0.337. The smallest absolute Gasteiger partial charge is 0.0874 e. The average Bonchev–Trinajstić information content (AvgIpc) is 2.14. The molecule has 0 aliphatic carbocycles. The fraction of sp³-hybridized carbons (Fsp3) is 0.800. The summed E-state index contributed by atoms with van der Waals surface area (Å²) in [5.74, 6) is 1.06. The maximum atomic E-state index is 8.57. The number of hydrogen-bond donors (Lipinski definition) is 0. The van der Waals surface area contributed by atoms with E-state index < -0.39 is 0 Å². The van der Waals surface area contributed by atoms with E-state index in [0.717, 1.165) is 11.9 Å². The Morgan fingerprint density at radius 2 is 1.71 bits per heavy atom. The summed E-state index contributed by atoms with van der Waals surface area (Å²) in [6.45, 7) is 5.79. The first-order chi connectivity index (χ1) is 6.65. The van der Waals surface area contributed by atoms with Crippen LogP contribution < -0.4 is 0 Å². The molecule has 0 amide bonds. The molecule has 0 aliphatic rings. The second-order valence-corrected chi connectivity index (χ2v) is 4.29. The van der Waals surface area contributed by atoms with Gasteiger partial charge in [0.2, 0.25) is 0 Å². The molecule has 1 atom stereocenters. The molecule has 78 valence electrons. The maximum absolute atomic E-state index is 8.57. The minimum Gasteiger partial charge on any atom is -0.277 e. The van der Waals surface area contributed by atoms with E-state index in [2.05, 4.69) is 41.9 Å². The highest BCUT2D eigenvalue weighted by Gasteiger charge is 2.15. The monoisotopic (exact) mass is 257 g/mol. The van der Waals surface area contributed by atoms with E-state index in [0.29, 0.717) is 24.9 Å². The molecule has 3 nitrogen and oxygen atoms in total. The Balaban J connectivity index is 4.13. The second-order valence-electron chi connectivity index (χ2n) is 3.64. The Bertz CT molecular complexity index is 211. The van der Waals surface area contributed by atoms with Gasteiger partial charge in [-0.2, -0.15) is 10.5 Å². The van der Waals surface area contributed by atoms with Crippen molar-refractivity contribution in [3.8, 4) is 12.1 Å². The van der Waals surface area contributed by atoms with Crippen LogP contribution in [0.5, 0.6) is 0 Å². The lowest BCUT2D eigenvalue weighted by molar-refractivity contribution is 0.256. The molecule has 0 N–H and O–H groups in total. The lowest BCUT2D eigenvalue weighted by Gasteiger charge is -2.24. The summed E-state index contributed by atoms with van der Waals surface area (Å²) in [4.78, 5) is 1.88. The number of alkyl halides is 1. The molecule has 0 aliphatic heterocycles. The highest BCUT2D eigenvalue weighted by Crippen LogP contribution is 2.14. The van der Waals surface area contributed by atoms with Crippen LogP contribution in [0.25, 0.3) is 0 Å². The molecule has 1 unspecified atom stereocenters. The summed E-state index contributed by atoms with van der Waals surface area (Å²) in [5.41, 5.74) is 0. The molecule has 0 heterocycles. The Morgan fingerprint density at radius 1 is 1.21 bits per heavy atom. The molecular formula is C10H16BrN3. The van der Waals surface area contributed by atoms with Crippen molar-refractivity contribution in [1.29, 1.82) is 10.5 Å². The molecule has 4 heteroatoms. The molecule has 0 fully saturated rings. The minimum atomic E-state index is 0.337. The lowest BCUT2D eigenvalue weighted by atomic mass is 9.97. The predicted octanol–water partition coefficient (Wildman–Crippen LogP) is 2.00. The summed E-state index contributed by atoms with van der Waals surface area (Å²) in [6, 6.07) is 4.16. The van der Waals surface area contributed by atoms with Crippen LogP contribution in [0.15, 0.2) is 0 Å². The van der Waals surface area contributed by atoms with Crippen LogP contribution in [0.3, 0.4) is 0 Å². The molecule has 0 spiro atoms.